The first kappa shape index (κ1) is 46.8. The Hall–Kier alpha value is -8.91. The van der Waals surface area contributed by atoms with Crippen LogP contribution in [0.5, 0.6) is 28.7 Å². The van der Waals surface area contributed by atoms with Crippen LogP contribution in [0, 0.1) is 27.7 Å². The molecular weight excluding hydrogens is 911 g/mol. The zero-order chi connectivity index (χ0) is 50.5. The number of ether oxygens (including phenoxy) is 5. The number of rotatable bonds is 11. The maximum Gasteiger partial charge on any atom is 0.363 e. The Balaban J connectivity index is 1.32. The number of benzene rings is 4. The number of H-pyrrole nitrogens is 2. The van der Waals surface area contributed by atoms with E-state index in [1.54, 1.807) is 59.8 Å². The number of fused-ring (bicyclic) bond motifs is 8. The highest BCUT2D eigenvalue weighted by atomic mass is 16.7. The minimum Gasteiger partial charge on any atom is -0.496 e. The van der Waals surface area contributed by atoms with Crippen molar-refractivity contribution in [1.82, 2.24) is 25.0 Å². The molecule has 3 aliphatic heterocycles. The van der Waals surface area contributed by atoms with E-state index in [2.05, 4.69) is 29.0 Å². The molecule has 0 radical (unpaired) electrons. The van der Waals surface area contributed by atoms with E-state index in [1.165, 1.54) is 0 Å². The molecule has 2 amide bonds. The molecule has 14 nitrogen and oxygen atoms in total. The van der Waals surface area contributed by atoms with Crippen molar-refractivity contribution in [2.24, 2.45) is 0 Å². The van der Waals surface area contributed by atoms with Crippen molar-refractivity contribution in [2.45, 2.75) is 40.5 Å². The Morgan fingerprint density at radius 2 is 0.861 bits per heavy atom. The second-order valence-electron chi connectivity index (χ2n) is 17.7. The molecule has 6 heterocycles. The molecule has 8 bridgehead atoms. The number of methoxy groups -OCH3 is 5. The van der Waals surface area contributed by atoms with Crippen LogP contribution < -0.4 is 23.7 Å². The fourth-order valence-electron chi connectivity index (χ4n) is 9.70. The van der Waals surface area contributed by atoms with Gasteiger partial charge in [-0.3, -0.25) is 9.59 Å². The van der Waals surface area contributed by atoms with E-state index in [1.807, 2.05) is 93.6 Å². The third-order valence-electron chi connectivity index (χ3n) is 13.5. The van der Waals surface area contributed by atoms with Gasteiger partial charge in [-0.2, -0.15) is 0 Å². The summed E-state index contributed by atoms with van der Waals surface area (Å²) >= 11 is 0. The van der Waals surface area contributed by atoms with Crippen LogP contribution in [0.3, 0.4) is 0 Å². The van der Waals surface area contributed by atoms with E-state index in [4.69, 9.17) is 38.5 Å². The summed E-state index contributed by atoms with van der Waals surface area (Å²) in [5, 5.41) is 0.545. The van der Waals surface area contributed by atoms with Gasteiger partial charge in [-0.05, 0) is 158 Å². The highest BCUT2D eigenvalue weighted by molar-refractivity contribution is 6.04. The summed E-state index contributed by atoms with van der Waals surface area (Å²) in [5.74, 6) is 1.29. The number of nitrogens with zero attached hydrogens (tertiary/aromatic N) is 3. The van der Waals surface area contributed by atoms with E-state index in [9.17, 15) is 14.4 Å². The number of nitrogens with one attached hydrogen (secondary N) is 2. The summed E-state index contributed by atoms with van der Waals surface area (Å²) in [6.07, 6.45) is 7.99. The molecule has 1 fully saturated rings. The number of aromatic nitrogens is 4. The molecule has 1 saturated heterocycles. The van der Waals surface area contributed by atoms with E-state index in [0.717, 1.165) is 94.6 Å². The molecule has 4 aromatic carbocycles. The highest BCUT2D eigenvalue weighted by Crippen LogP contribution is 2.43. The number of amides is 2. The number of hydrogen-bond donors (Lipinski definition) is 2. The normalized spacial score (nSPS) is 12.9. The van der Waals surface area contributed by atoms with Gasteiger partial charge in [0.1, 0.15) is 17.2 Å². The maximum absolute atomic E-state index is 13.3. The third kappa shape index (κ3) is 8.19. The van der Waals surface area contributed by atoms with Gasteiger partial charge < -0.3 is 38.5 Å². The van der Waals surface area contributed by atoms with Gasteiger partial charge in [-0.1, -0.05) is 18.2 Å². The lowest BCUT2D eigenvalue weighted by atomic mass is 9.98. The van der Waals surface area contributed by atoms with Crippen molar-refractivity contribution < 1.29 is 42.9 Å². The Morgan fingerprint density at radius 3 is 1.29 bits per heavy atom. The molecule has 0 atom stereocenters. The van der Waals surface area contributed by atoms with Crippen LogP contribution in [0.4, 0.5) is 0 Å². The molecular formula is C58H51N5O9. The first-order chi connectivity index (χ1) is 34.8. The first-order valence-corrected chi connectivity index (χ1v) is 23.3. The Kier molecular flexibility index (Phi) is 12.2. The number of carbonyl (C=O) groups excluding carboxylic acids is 3. The number of aryl methyl sites for hydroxylation is 2. The third-order valence-corrected chi connectivity index (χ3v) is 13.5. The van der Waals surface area contributed by atoms with Gasteiger partial charge in [-0.15, -0.1) is 5.06 Å². The second kappa shape index (κ2) is 18.8. The molecule has 362 valence electrons. The number of hydroxylamine groups is 2. The molecule has 0 aliphatic carbocycles. The molecule has 3 aromatic heterocycles. The molecule has 3 aliphatic rings. The van der Waals surface area contributed by atoms with Crippen molar-refractivity contribution in [3.63, 3.8) is 0 Å². The summed E-state index contributed by atoms with van der Waals surface area (Å²) in [5.41, 5.74) is 16.1. The quantitative estimate of drug-likeness (QED) is 0.118. The zero-order valence-electron chi connectivity index (χ0n) is 41.3. The predicted molar refractivity (Wildman–Crippen MR) is 279 cm³/mol. The molecule has 2 N–H and O–H groups in total. The average molecular weight is 962 g/mol. The molecule has 14 heteroatoms. The van der Waals surface area contributed by atoms with Crippen molar-refractivity contribution >= 4 is 64.2 Å². The van der Waals surface area contributed by atoms with Crippen molar-refractivity contribution in [3.8, 4) is 73.3 Å². The van der Waals surface area contributed by atoms with E-state index in [-0.39, 0.29) is 18.4 Å². The number of imide groups is 1. The largest absolute Gasteiger partial charge is 0.496 e. The lowest BCUT2D eigenvalue weighted by molar-refractivity contribution is -0.172. The minimum absolute atomic E-state index is 0.0105. The molecule has 0 saturated carbocycles. The SMILES string of the molecule is COc1cc(-c2c3nc(c(-c4cc(OC)c(C)c(OC)c4)c4ccc([nH]4)c(-c4cc(C)c(OC)c(OC)c4)c4nc(c(-c5ccc(C(=O)ON6C(=O)CCC6=O)cc5)c5ccc2[nH]5)C=C4)C=C3)cc(C)c1C. The Bertz CT molecular complexity index is 3620. The molecule has 10 rings (SSSR count). The van der Waals surface area contributed by atoms with Gasteiger partial charge in [0.25, 0.3) is 11.8 Å². The highest BCUT2D eigenvalue weighted by Gasteiger charge is 2.33. The van der Waals surface area contributed by atoms with Crippen LogP contribution >= 0.6 is 0 Å². The van der Waals surface area contributed by atoms with Crippen LogP contribution in [-0.2, 0) is 14.4 Å². The summed E-state index contributed by atoms with van der Waals surface area (Å²) in [6, 6.07) is 27.1. The van der Waals surface area contributed by atoms with Crippen LogP contribution in [0.25, 0.3) is 90.9 Å². The lowest BCUT2D eigenvalue weighted by Crippen LogP contribution is -2.32. The topological polar surface area (TPSA) is 167 Å². The molecule has 72 heavy (non-hydrogen) atoms. The van der Waals surface area contributed by atoms with E-state index < -0.39 is 17.8 Å². The van der Waals surface area contributed by atoms with Crippen LogP contribution in [0.2, 0.25) is 0 Å². The van der Waals surface area contributed by atoms with Gasteiger partial charge in [0.15, 0.2) is 11.5 Å². The average Bonchev–Trinajstić information content (AvgIpc) is 4.26. The second-order valence-corrected chi connectivity index (χ2v) is 17.7. The zero-order valence-corrected chi connectivity index (χ0v) is 41.3. The van der Waals surface area contributed by atoms with Gasteiger partial charge in [0, 0.05) is 62.7 Å². The summed E-state index contributed by atoms with van der Waals surface area (Å²) in [6.45, 7) is 8.04. The predicted octanol–water partition coefficient (Wildman–Crippen LogP) is 11.8. The number of carbonyl (C=O) groups is 3. The Labute approximate surface area is 415 Å². The first-order valence-electron chi connectivity index (χ1n) is 23.3. The van der Waals surface area contributed by atoms with Crippen LogP contribution in [-0.4, -0.2) is 78.3 Å². The maximum atomic E-state index is 13.3. The minimum atomic E-state index is -0.829. The summed E-state index contributed by atoms with van der Waals surface area (Å²) in [4.78, 5) is 61.6. The van der Waals surface area contributed by atoms with Crippen LogP contribution in [0.1, 0.15) is 68.2 Å². The molecule has 0 spiro atoms. The summed E-state index contributed by atoms with van der Waals surface area (Å²) in [7, 11) is 8.21. The van der Waals surface area contributed by atoms with Crippen molar-refractivity contribution in [1.29, 1.82) is 0 Å². The van der Waals surface area contributed by atoms with E-state index >= 15 is 0 Å². The van der Waals surface area contributed by atoms with Crippen molar-refractivity contribution in [3.05, 3.63) is 136 Å². The van der Waals surface area contributed by atoms with Crippen molar-refractivity contribution in [2.75, 3.05) is 35.5 Å². The monoisotopic (exact) mass is 961 g/mol. The van der Waals surface area contributed by atoms with Crippen LogP contribution in [0.15, 0.2) is 84.9 Å². The fraction of sp³-hybridized carbons (Fsp3) is 0.190. The van der Waals surface area contributed by atoms with Gasteiger partial charge in [0.2, 0.25) is 0 Å². The fourth-order valence-corrected chi connectivity index (χ4v) is 9.70. The van der Waals surface area contributed by atoms with E-state index in [0.29, 0.717) is 50.8 Å². The van der Waals surface area contributed by atoms with Gasteiger partial charge in [-0.25, -0.2) is 14.8 Å². The lowest BCUT2D eigenvalue weighted by Gasteiger charge is -2.14. The molecule has 0 unspecified atom stereocenters. The summed E-state index contributed by atoms with van der Waals surface area (Å²) < 4.78 is 29.5. The Morgan fingerprint density at radius 1 is 0.472 bits per heavy atom. The number of hydrogen-bond acceptors (Lipinski definition) is 11. The number of aromatic amines is 2. The molecule has 7 aromatic rings. The smallest absolute Gasteiger partial charge is 0.363 e. The van der Waals surface area contributed by atoms with Gasteiger partial charge >= 0.3 is 5.97 Å². The standard InChI is InChI=1S/C58H51N5O9/c1-30-24-36(26-47(67-5)32(30)3)54-41-16-14-39(59-41)53(34-10-12-35(13-11-34)58(66)72-63-51(64)22-23-52(63)65)40-15-17-43(60-40)55(37-25-31(2)57(71-9)50(29-37)70-8)44-19-21-46(62-44)56(45-20-18-42(54)61-45)38-27-48(68-6)33(4)49(28-38)69-7/h10-21,24-29,59,62H,22-23H2,1-9H3. The van der Waals surface area contributed by atoms with Gasteiger partial charge in [0.05, 0.1) is 63.9 Å².